The molecule has 1 heterocycles. The number of methoxy groups -OCH3 is 1. The molecule has 148 valence electrons. The van der Waals surface area contributed by atoms with E-state index < -0.39 is 5.41 Å². The Labute approximate surface area is 170 Å². The Balaban J connectivity index is 1.67. The fourth-order valence-corrected chi connectivity index (χ4v) is 5.49. The third-order valence-corrected chi connectivity index (χ3v) is 7.66. The van der Waals surface area contributed by atoms with E-state index in [1.165, 1.54) is 0 Å². The first-order valence-corrected chi connectivity index (χ1v) is 10.1. The second-order valence-electron chi connectivity index (χ2n) is 8.96. The average molecular weight is 387 g/mol. The molecular formula is C24H25N3O2. The Kier molecular flexibility index (Phi) is 3.61. The van der Waals surface area contributed by atoms with Gasteiger partial charge in [0, 0.05) is 17.2 Å². The number of fused-ring (bicyclic) bond motifs is 6. The molecule has 3 aromatic rings. The minimum atomic E-state index is -0.711. The van der Waals surface area contributed by atoms with Crippen LogP contribution in [0.1, 0.15) is 45.0 Å². The molecule has 5 heteroatoms. The smallest absolute Gasteiger partial charge is 0.237 e. The summed E-state index contributed by atoms with van der Waals surface area (Å²) >= 11 is 0. The van der Waals surface area contributed by atoms with Gasteiger partial charge in [0.05, 0.1) is 34.9 Å². The first kappa shape index (κ1) is 18.1. The Bertz CT molecular complexity index is 1160. The molecule has 2 aliphatic rings. The van der Waals surface area contributed by atoms with Crippen molar-refractivity contribution in [2.75, 3.05) is 12.4 Å². The van der Waals surface area contributed by atoms with E-state index in [1.54, 1.807) is 7.11 Å². The van der Waals surface area contributed by atoms with Crippen LogP contribution in [-0.4, -0.2) is 23.0 Å². The maximum atomic E-state index is 13.8. The molecule has 1 aromatic heterocycles. The van der Waals surface area contributed by atoms with Crippen molar-refractivity contribution in [1.82, 2.24) is 9.97 Å². The predicted octanol–water partition coefficient (Wildman–Crippen LogP) is 4.61. The zero-order valence-electron chi connectivity index (χ0n) is 17.2. The zero-order chi connectivity index (χ0) is 20.4. The first-order chi connectivity index (χ1) is 13.8. The number of para-hydroxylation sites is 2. The van der Waals surface area contributed by atoms with Gasteiger partial charge < -0.3 is 10.1 Å². The van der Waals surface area contributed by atoms with E-state index in [9.17, 15) is 4.79 Å². The van der Waals surface area contributed by atoms with Gasteiger partial charge in [-0.25, -0.2) is 9.97 Å². The molecule has 29 heavy (non-hydrogen) atoms. The van der Waals surface area contributed by atoms with Crippen LogP contribution in [-0.2, 0) is 15.6 Å². The normalized spacial score (nSPS) is 26.3. The van der Waals surface area contributed by atoms with Crippen molar-refractivity contribution in [3.8, 4) is 5.75 Å². The van der Waals surface area contributed by atoms with Crippen LogP contribution in [0.25, 0.3) is 11.0 Å². The molecule has 1 N–H and O–H groups in total. The lowest BCUT2D eigenvalue weighted by Crippen LogP contribution is -2.48. The highest BCUT2D eigenvalue weighted by molar-refractivity contribution is 6.02. The van der Waals surface area contributed by atoms with E-state index in [2.05, 4.69) is 26.1 Å². The van der Waals surface area contributed by atoms with Gasteiger partial charge in [-0.15, -0.1) is 0 Å². The molecule has 0 radical (unpaired) electrons. The van der Waals surface area contributed by atoms with Gasteiger partial charge >= 0.3 is 0 Å². The van der Waals surface area contributed by atoms with Crippen LogP contribution >= 0.6 is 0 Å². The molecule has 2 bridgehead atoms. The molecule has 1 saturated carbocycles. The monoisotopic (exact) mass is 387 g/mol. The zero-order valence-corrected chi connectivity index (χ0v) is 17.2. The Morgan fingerprint density at radius 1 is 0.966 bits per heavy atom. The lowest BCUT2D eigenvalue weighted by molar-refractivity contribution is -0.125. The third kappa shape index (κ3) is 2.13. The van der Waals surface area contributed by atoms with Crippen LogP contribution in [0.4, 0.5) is 5.69 Å². The van der Waals surface area contributed by atoms with Crippen LogP contribution in [0.5, 0.6) is 5.75 Å². The minimum Gasteiger partial charge on any atom is -0.497 e. The summed E-state index contributed by atoms with van der Waals surface area (Å²) in [5.74, 6) is 0.705. The van der Waals surface area contributed by atoms with Crippen molar-refractivity contribution in [2.45, 2.75) is 44.4 Å². The summed E-state index contributed by atoms with van der Waals surface area (Å²) < 4.78 is 5.31. The standard InChI is InChI=1S/C24H25N3O2/c1-22(2)23(3)12-13-24(22,21(28)25-15-8-7-9-16(14-15)29-4)20-19(23)26-17-10-5-6-11-18(17)27-20/h5-11,14H,12-13H2,1-4H3,(H,25,28). The lowest BCUT2D eigenvalue weighted by Gasteiger charge is -2.39. The van der Waals surface area contributed by atoms with Crippen molar-refractivity contribution >= 4 is 22.6 Å². The van der Waals surface area contributed by atoms with Gasteiger partial charge in [-0.05, 0) is 42.5 Å². The molecule has 2 aromatic carbocycles. The largest absolute Gasteiger partial charge is 0.497 e. The molecule has 0 spiro atoms. The van der Waals surface area contributed by atoms with Crippen LogP contribution in [0.2, 0.25) is 0 Å². The minimum absolute atomic E-state index is 0.0113. The fourth-order valence-electron chi connectivity index (χ4n) is 5.49. The number of amides is 1. The number of nitrogens with zero attached hydrogens (tertiary/aromatic N) is 2. The number of ether oxygens (including phenoxy) is 1. The second-order valence-corrected chi connectivity index (χ2v) is 8.96. The van der Waals surface area contributed by atoms with Gasteiger partial charge in [-0.3, -0.25) is 4.79 Å². The summed E-state index contributed by atoms with van der Waals surface area (Å²) in [6.45, 7) is 6.63. The maximum Gasteiger partial charge on any atom is 0.237 e. The highest BCUT2D eigenvalue weighted by Crippen LogP contribution is 2.70. The Morgan fingerprint density at radius 3 is 2.34 bits per heavy atom. The molecule has 2 unspecified atom stereocenters. The molecule has 5 rings (SSSR count). The topological polar surface area (TPSA) is 64.1 Å². The Hall–Kier alpha value is -2.95. The van der Waals surface area contributed by atoms with Crippen LogP contribution in [0.3, 0.4) is 0 Å². The number of carbonyl (C=O) groups excluding carboxylic acids is 1. The summed E-state index contributed by atoms with van der Waals surface area (Å²) in [5, 5.41) is 3.15. The van der Waals surface area contributed by atoms with Gasteiger partial charge in [0.1, 0.15) is 5.75 Å². The fraction of sp³-hybridized carbons (Fsp3) is 0.375. The number of hydrogen-bond donors (Lipinski definition) is 1. The summed E-state index contributed by atoms with van der Waals surface area (Å²) in [5.41, 5.74) is 3.08. The number of carbonyl (C=O) groups is 1. The molecular weight excluding hydrogens is 362 g/mol. The summed E-state index contributed by atoms with van der Waals surface area (Å²) in [4.78, 5) is 23.8. The van der Waals surface area contributed by atoms with Gasteiger partial charge in [0.15, 0.2) is 0 Å². The quantitative estimate of drug-likeness (QED) is 0.713. The third-order valence-electron chi connectivity index (χ3n) is 7.66. The number of nitrogens with one attached hydrogen (secondary N) is 1. The highest BCUT2D eigenvalue weighted by Gasteiger charge is 2.73. The van der Waals surface area contributed by atoms with Gasteiger partial charge in [-0.2, -0.15) is 0 Å². The molecule has 1 amide bonds. The van der Waals surface area contributed by atoms with Gasteiger partial charge in [0.25, 0.3) is 0 Å². The number of benzene rings is 2. The van der Waals surface area contributed by atoms with Crippen molar-refractivity contribution < 1.29 is 9.53 Å². The first-order valence-electron chi connectivity index (χ1n) is 10.1. The van der Waals surface area contributed by atoms with Crippen LogP contribution < -0.4 is 10.1 Å². The summed E-state index contributed by atoms with van der Waals surface area (Å²) in [6.07, 6.45) is 1.69. The highest BCUT2D eigenvalue weighted by atomic mass is 16.5. The summed E-state index contributed by atoms with van der Waals surface area (Å²) in [6, 6.07) is 15.4. The average Bonchev–Trinajstić information content (AvgIpc) is 3.02. The van der Waals surface area contributed by atoms with E-state index in [1.807, 2.05) is 48.5 Å². The van der Waals surface area contributed by atoms with E-state index in [-0.39, 0.29) is 16.7 Å². The molecule has 5 nitrogen and oxygen atoms in total. The van der Waals surface area contributed by atoms with Gasteiger partial charge in [-0.1, -0.05) is 39.0 Å². The van der Waals surface area contributed by atoms with Crippen LogP contribution in [0.15, 0.2) is 48.5 Å². The van der Waals surface area contributed by atoms with Crippen molar-refractivity contribution in [3.63, 3.8) is 0 Å². The second kappa shape index (κ2) is 5.78. The SMILES string of the molecule is COc1cccc(NC(=O)C23CCC(C)(c4nc5ccccc5nc42)C3(C)C)c1. The van der Waals surface area contributed by atoms with E-state index in [0.717, 1.165) is 41.0 Å². The van der Waals surface area contributed by atoms with E-state index >= 15 is 0 Å². The van der Waals surface area contributed by atoms with Crippen molar-refractivity contribution in [2.24, 2.45) is 5.41 Å². The number of aromatic nitrogens is 2. The molecule has 2 atom stereocenters. The predicted molar refractivity (Wildman–Crippen MR) is 113 cm³/mol. The Morgan fingerprint density at radius 2 is 1.66 bits per heavy atom. The lowest BCUT2D eigenvalue weighted by atomic mass is 9.63. The molecule has 0 aliphatic heterocycles. The van der Waals surface area contributed by atoms with E-state index in [4.69, 9.17) is 14.7 Å². The van der Waals surface area contributed by atoms with Crippen molar-refractivity contribution in [1.29, 1.82) is 0 Å². The molecule has 1 fully saturated rings. The van der Waals surface area contributed by atoms with Crippen LogP contribution in [0, 0.1) is 5.41 Å². The molecule has 2 aliphatic carbocycles. The van der Waals surface area contributed by atoms with Gasteiger partial charge in [0.2, 0.25) is 5.91 Å². The number of hydrogen-bond acceptors (Lipinski definition) is 4. The maximum absolute atomic E-state index is 13.8. The summed E-state index contributed by atoms with van der Waals surface area (Å²) in [7, 11) is 1.62. The number of anilines is 1. The van der Waals surface area contributed by atoms with Crippen molar-refractivity contribution in [3.05, 3.63) is 59.9 Å². The number of rotatable bonds is 3. The molecule has 0 saturated heterocycles. The van der Waals surface area contributed by atoms with E-state index in [0.29, 0.717) is 5.75 Å².